The molecule has 3 atom stereocenters. The van der Waals surface area contributed by atoms with Crippen LogP contribution in [0.25, 0.3) is 0 Å². The summed E-state index contributed by atoms with van der Waals surface area (Å²) in [5.41, 5.74) is 1.82. The number of hydrogen-bond donors (Lipinski definition) is 2. The molecule has 0 spiro atoms. The second kappa shape index (κ2) is 7.81. The van der Waals surface area contributed by atoms with E-state index >= 15 is 0 Å². The van der Waals surface area contributed by atoms with Crippen molar-refractivity contribution in [3.05, 3.63) is 29.8 Å². The second-order valence-electron chi connectivity index (χ2n) is 7.17. The number of carbonyl (C=O) groups excluding carboxylic acids is 1. The van der Waals surface area contributed by atoms with Crippen LogP contribution in [0.1, 0.15) is 18.4 Å². The highest BCUT2D eigenvalue weighted by Crippen LogP contribution is 2.34. The molecular weight excluding hydrogens is 386 g/mol. The van der Waals surface area contributed by atoms with Crippen molar-refractivity contribution in [1.29, 1.82) is 0 Å². The number of nitrogens with one attached hydrogen (secondary N) is 2. The lowest BCUT2D eigenvalue weighted by molar-refractivity contribution is -0.120. The number of fused-ring (bicyclic) bond motifs is 1. The minimum atomic E-state index is -2.93. The van der Waals surface area contributed by atoms with E-state index in [1.54, 1.807) is 0 Å². The number of aliphatic imine (C=N–C) groups is 1. The third-order valence-electron chi connectivity index (χ3n) is 4.94. The topological polar surface area (TPSA) is 96.9 Å². The molecule has 3 aliphatic rings. The highest BCUT2D eigenvalue weighted by Gasteiger charge is 2.42. The maximum Gasteiger partial charge on any atom is 0.224 e. The normalized spacial score (nSPS) is 28.6. The van der Waals surface area contributed by atoms with Crippen LogP contribution in [-0.2, 0) is 25.8 Å². The molecule has 2 saturated heterocycles. The van der Waals surface area contributed by atoms with Crippen LogP contribution in [-0.4, -0.2) is 61.5 Å². The number of nitrogens with zero attached hydrogens (tertiary/aromatic N) is 1. The second-order valence-corrected chi connectivity index (χ2v) is 10.6. The first-order valence-electron chi connectivity index (χ1n) is 9.16. The molecule has 146 valence electrons. The van der Waals surface area contributed by atoms with Crippen molar-refractivity contribution >= 4 is 38.4 Å². The number of anilines is 1. The molecule has 2 fully saturated rings. The third-order valence-corrected chi connectivity index (χ3v) is 8.08. The fourth-order valence-corrected chi connectivity index (χ4v) is 7.20. The first kappa shape index (κ1) is 18.8. The first-order chi connectivity index (χ1) is 13.0. The van der Waals surface area contributed by atoms with E-state index in [0.717, 1.165) is 35.9 Å². The Morgan fingerprint density at radius 3 is 2.78 bits per heavy atom. The molecule has 3 heterocycles. The van der Waals surface area contributed by atoms with Gasteiger partial charge < -0.3 is 15.4 Å². The van der Waals surface area contributed by atoms with E-state index in [1.807, 2.05) is 24.3 Å². The molecule has 0 saturated carbocycles. The minimum absolute atomic E-state index is 0.00373. The zero-order valence-electron chi connectivity index (χ0n) is 14.9. The van der Waals surface area contributed by atoms with Gasteiger partial charge in [0.2, 0.25) is 5.91 Å². The minimum Gasteiger partial charge on any atom is -0.376 e. The summed E-state index contributed by atoms with van der Waals surface area (Å²) in [7, 11) is -2.93. The molecule has 1 amide bonds. The van der Waals surface area contributed by atoms with Gasteiger partial charge in [0.25, 0.3) is 0 Å². The van der Waals surface area contributed by atoms with Gasteiger partial charge >= 0.3 is 0 Å². The van der Waals surface area contributed by atoms with Crippen LogP contribution in [0.2, 0.25) is 0 Å². The van der Waals surface area contributed by atoms with E-state index in [2.05, 4.69) is 15.6 Å². The van der Waals surface area contributed by atoms with Gasteiger partial charge in [-0.1, -0.05) is 23.9 Å². The number of hydrogen-bond acceptors (Lipinski definition) is 7. The molecule has 9 heteroatoms. The van der Waals surface area contributed by atoms with Crippen LogP contribution < -0.4 is 10.6 Å². The van der Waals surface area contributed by atoms with Crippen LogP contribution in [0, 0.1) is 0 Å². The number of ether oxygens (including phenoxy) is 1. The Bertz CT molecular complexity index is 833. The van der Waals surface area contributed by atoms with Crippen molar-refractivity contribution in [2.75, 3.05) is 30.0 Å². The zero-order valence-corrected chi connectivity index (χ0v) is 16.5. The lowest BCUT2D eigenvalue weighted by Crippen LogP contribution is -2.32. The lowest BCUT2D eigenvalue weighted by Gasteiger charge is -2.11. The van der Waals surface area contributed by atoms with Gasteiger partial charge in [-0.25, -0.2) is 8.42 Å². The van der Waals surface area contributed by atoms with Gasteiger partial charge in [0, 0.05) is 24.1 Å². The number of sulfone groups is 1. The monoisotopic (exact) mass is 409 g/mol. The summed E-state index contributed by atoms with van der Waals surface area (Å²) >= 11 is 1.50. The maximum absolute atomic E-state index is 12.0. The summed E-state index contributed by atoms with van der Waals surface area (Å²) in [5.74, 6) is 0.350. The lowest BCUT2D eigenvalue weighted by atomic mass is 10.1. The highest BCUT2D eigenvalue weighted by molar-refractivity contribution is 8.15. The number of benzene rings is 1. The average molecular weight is 410 g/mol. The fourth-order valence-electron chi connectivity index (χ4n) is 3.53. The first-order valence-corrected chi connectivity index (χ1v) is 11.9. The van der Waals surface area contributed by atoms with Crippen LogP contribution in [0.3, 0.4) is 0 Å². The molecule has 0 bridgehead atoms. The highest BCUT2D eigenvalue weighted by atomic mass is 32.2. The quantitative estimate of drug-likeness (QED) is 0.759. The molecule has 0 radical (unpaired) electrons. The van der Waals surface area contributed by atoms with Crippen LogP contribution in [0.4, 0.5) is 5.69 Å². The smallest absolute Gasteiger partial charge is 0.224 e. The van der Waals surface area contributed by atoms with Gasteiger partial charge in [-0.3, -0.25) is 9.79 Å². The predicted molar refractivity (Wildman–Crippen MR) is 107 cm³/mol. The number of carbonyl (C=O) groups is 1. The molecule has 1 aromatic rings. The van der Waals surface area contributed by atoms with Gasteiger partial charge in [-0.05, 0) is 30.5 Å². The van der Waals surface area contributed by atoms with E-state index in [9.17, 15) is 13.2 Å². The summed E-state index contributed by atoms with van der Waals surface area (Å²) in [6.07, 6.45) is 2.57. The summed E-state index contributed by atoms with van der Waals surface area (Å²) < 4.78 is 28.7. The van der Waals surface area contributed by atoms with Gasteiger partial charge in [0.15, 0.2) is 15.0 Å². The Hall–Kier alpha value is -1.58. The van der Waals surface area contributed by atoms with Gasteiger partial charge in [0.1, 0.15) is 0 Å². The Kier molecular flexibility index (Phi) is 5.43. The zero-order chi connectivity index (χ0) is 18.9. The number of rotatable bonds is 5. The van der Waals surface area contributed by atoms with E-state index in [-0.39, 0.29) is 34.8 Å². The van der Waals surface area contributed by atoms with Crippen molar-refractivity contribution in [1.82, 2.24) is 5.32 Å². The molecule has 0 aromatic heterocycles. The van der Waals surface area contributed by atoms with Gasteiger partial charge in [0.05, 0.1) is 30.1 Å². The van der Waals surface area contributed by atoms with Crippen LogP contribution in [0.15, 0.2) is 29.3 Å². The van der Waals surface area contributed by atoms with Gasteiger partial charge in [-0.2, -0.15) is 0 Å². The van der Waals surface area contributed by atoms with Crippen molar-refractivity contribution in [2.24, 2.45) is 4.99 Å². The van der Waals surface area contributed by atoms with Crippen LogP contribution in [0.5, 0.6) is 0 Å². The fraction of sp³-hybridized carbons (Fsp3) is 0.556. The van der Waals surface area contributed by atoms with Gasteiger partial charge in [-0.15, -0.1) is 0 Å². The Morgan fingerprint density at radius 1 is 1.26 bits per heavy atom. The van der Waals surface area contributed by atoms with E-state index < -0.39 is 9.84 Å². The van der Waals surface area contributed by atoms with Crippen molar-refractivity contribution in [3.8, 4) is 0 Å². The summed E-state index contributed by atoms with van der Waals surface area (Å²) in [5, 5.41) is 6.96. The Balaban J connectivity index is 1.26. The summed E-state index contributed by atoms with van der Waals surface area (Å²) in [4.78, 5) is 16.5. The molecule has 4 rings (SSSR count). The summed E-state index contributed by atoms with van der Waals surface area (Å²) in [6, 6.07) is 7.53. The largest absolute Gasteiger partial charge is 0.376 e. The predicted octanol–water partition coefficient (Wildman–Crippen LogP) is 1.20. The standard InChI is InChI=1S/C18H23N3O4S2/c22-17(19-9-14-2-1-7-25-14)8-12-3-5-13(6-4-12)20-18-21-15-10-27(23,24)11-16(15)26-18/h3-6,14-16H,1-2,7-11H2,(H,19,22)(H,20,21). The third kappa shape index (κ3) is 4.83. The molecule has 0 aliphatic carbocycles. The summed E-state index contributed by atoms with van der Waals surface area (Å²) in [6.45, 7) is 1.36. The molecule has 27 heavy (non-hydrogen) atoms. The molecule has 3 aliphatic heterocycles. The molecule has 2 N–H and O–H groups in total. The average Bonchev–Trinajstić information content (AvgIpc) is 3.30. The van der Waals surface area contributed by atoms with Crippen molar-refractivity contribution in [3.63, 3.8) is 0 Å². The molecule has 7 nitrogen and oxygen atoms in total. The number of amides is 1. The van der Waals surface area contributed by atoms with E-state index in [1.165, 1.54) is 11.8 Å². The molecular formula is C18H23N3O4S2. The van der Waals surface area contributed by atoms with Crippen molar-refractivity contribution < 1.29 is 17.9 Å². The van der Waals surface area contributed by atoms with E-state index in [0.29, 0.717) is 13.0 Å². The molecule has 3 unspecified atom stereocenters. The Labute approximate surface area is 163 Å². The number of amidine groups is 1. The van der Waals surface area contributed by atoms with E-state index in [4.69, 9.17) is 4.74 Å². The Morgan fingerprint density at radius 2 is 2.07 bits per heavy atom. The van der Waals surface area contributed by atoms with Crippen LogP contribution >= 0.6 is 11.8 Å². The SMILES string of the molecule is O=C(Cc1ccc(NC2=NC3CS(=O)(=O)CC3S2)cc1)NCC1CCCO1. The maximum atomic E-state index is 12.0. The number of thioether (sulfide) groups is 1. The van der Waals surface area contributed by atoms with Crippen molar-refractivity contribution in [2.45, 2.75) is 36.7 Å². The molecule has 1 aromatic carbocycles.